The van der Waals surface area contributed by atoms with Crippen LogP contribution in [0.4, 0.5) is 0 Å². The zero-order chi connectivity index (χ0) is 38.2. The lowest BCUT2D eigenvalue weighted by atomic mass is 9.77. The van der Waals surface area contributed by atoms with E-state index in [2.05, 4.69) is 161 Å². The highest BCUT2D eigenvalue weighted by atomic mass is 14.7. The standard InChI is InChI=1S/C54H42N2/c1-53(2)47-27-13-12-22-41(47)43-24-15-26-46(52(43)53)49(32-48(55)35-17-6-5-7-18-35)56-33-36-29-30-40(39-21-11-10-19-37(36)39)42-23-14-25-44-45-31-28-34-16-8-9-20-38(34)50(45)54(3,4)51(42)44/h5-33,55H,1-4H3/b49-32-,55-48?,56-33?. The zero-order valence-electron chi connectivity index (χ0n) is 32.2. The van der Waals surface area contributed by atoms with Crippen LogP contribution in [0.3, 0.4) is 0 Å². The van der Waals surface area contributed by atoms with Crippen molar-refractivity contribution in [3.63, 3.8) is 0 Å². The summed E-state index contributed by atoms with van der Waals surface area (Å²) in [6.45, 7) is 9.38. The molecule has 56 heavy (non-hydrogen) atoms. The first kappa shape index (κ1) is 33.9. The first-order chi connectivity index (χ1) is 27.2. The third-order valence-electron chi connectivity index (χ3n) is 12.3. The highest BCUT2D eigenvalue weighted by molar-refractivity contribution is 6.13. The Labute approximate surface area is 329 Å². The molecule has 2 aliphatic rings. The van der Waals surface area contributed by atoms with Crippen molar-refractivity contribution >= 4 is 39.2 Å². The summed E-state index contributed by atoms with van der Waals surface area (Å²) in [6, 6.07) is 58.6. The molecular formula is C54H42N2. The van der Waals surface area contributed by atoms with Gasteiger partial charge < -0.3 is 5.41 Å². The van der Waals surface area contributed by atoms with Crippen molar-refractivity contribution in [2.75, 3.05) is 0 Å². The second-order valence-electron chi connectivity index (χ2n) is 16.3. The van der Waals surface area contributed by atoms with Crippen LogP contribution in [-0.2, 0) is 10.8 Å². The predicted octanol–water partition coefficient (Wildman–Crippen LogP) is 13.8. The zero-order valence-corrected chi connectivity index (χ0v) is 32.2. The van der Waals surface area contributed by atoms with Gasteiger partial charge in [-0.2, -0.15) is 0 Å². The predicted molar refractivity (Wildman–Crippen MR) is 237 cm³/mol. The van der Waals surface area contributed by atoms with E-state index in [1.54, 1.807) is 0 Å². The van der Waals surface area contributed by atoms with Gasteiger partial charge in [0.1, 0.15) is 0 Å². The van der Waals surface area contributed by atoms with E-state index in [0.29, 0.717) is 5.71 Å². The van der Waals surface area contributed by atoms with Crippen LogP contribution in [0.15, 0.2) is 175 Å². The van der Waals surface area contributed by atoms with Crippen LogP contribution in [0.5, 0.6) is 0 Å². The molecular weight excluding hydrogens is 677 g/mol. The molecule has 0 heterocycles. The molecule has 0 amide bonds. The number of nitrogens with one attached hydrogen (secondary N) is 1. The molecule has 0 fully saturated rings. The summed E-state index contributed by atoms with van der Waals surface area (Å²) < 4.78 is 0. The Kier molecular flexibility index (Phi) is 7.70. The van der Waals surface area contributed by atoms with Gasteiger partial charge in [-0.1, -0.05) is 191 Å². The maximum absolute atomic E-state index is 9.21. The van der Waals surface area contributed by atoms with Gasteiger partial charge in [0.25, 0.3) is 0 Å². The van der Waals surface area contributed by atoms with E-state index >= 15 is 0 Å². The van der Waals surface area contributed by atoms with Crippen LogP contribution in [0.2, 0.25) is 0 Å². The SMILES string of the molecule is CC1(C)c2ccccc2-c2cccc(/C(=C/C(=N)c3ccccc3)N=Cc3ccc(-c4cccc5c4C(C)(C)c4c-5ccc5ccccc45)c4ccccc34)c21. The third kappa shape index (κ3) is 5.09. The lowest BCUT2D eigenvalue weighted by Crippen LogP contribution is -2.17. The first-order valence-corrected chi connectivity index (χ1v) is 19.5. The molecule has 1 N–H and O–H groups in total. The van der Waals surface area contributed by atoms with Gasteiger partial charge >= 0.3 is 0 Å². The third-order valence-corrected chi connectivity index (χ3v) is 12.3. The molecule has 8 aromatic carbocycles. The highest BCUT2D eigenvalue weighted by Crippen LogP contribution is 2.55. The summed E-state index contributed by atoms with van der Waals surface area (Å²) >= 11 is 0. The minimum Gasteiger partial charge on any atom is -0.300 e. The first-order valence-electron chi connectivity index (χ1n) is 19.5. The highest BCUT2D eigenvalue weighted by Gasteiger charge is 2.40. The van der Waals surface area contributed by atoms with Gasteiger partial charge in [-0.05, 0) is 88.8 Å². The van der Waals surface area contributed by atoms with Crippen LogP contribution >= 0.6 is 0 Å². The summed E-state index contributed by atoms with van der Waals surface area (Å²) in [7, 11) is 0. The molecule has 0 aromatic heterocycles. The molecule has 2 heteroatoms. The average Bonchev–Trinajstić information content (AvgIpc) is 3.62. The van der Waals surface area contributed by atoms with Gasteiger partial charge in [0.2, 0.25) is 0 Å². The Morgan fingerprint density at radius 3 is 1.86 bits per heavy atom. The fourth-order valence-corrected chi connectivity index (χ4v) is 9.86. The molecule has 0 atom stereocenters. The molecule has 0 radical (unpaired) electrons. The molecule has 0 saturated carbocycles. The summed E-state index contributed by atoms with van der Waals surface area (Å²) in [6.07, 6.45) is 3.94. The average molecular weight is 719 g/mol. The number of hydrogen-bond donors (Lipinski definition) is 1. The quantitative estimate of drug-likeness (QED) is 0.166. The largest absolute Gasteiger partial charge is 0.300 e. The van der Waals surface area contributed by atoms with Crippen LogP contribution in [0.25, 0.3) is 60.6 Å². The van der Waals surface area contributed by atoms with Crippen molar-refractivity contribution in [1.29, 1.82) is 5.41 Å². The van der Waals surface area contributed by atoms with Gasteiger partial charge in [-0.25, -0.2) is 0 Å². The van der Waals surface area contributed by atoms with Gasteiger partial charge in [-0.15, -0.1) is 0 Å². The molecule has 268 valence electrons. The normalized spacial score (nSPS) is 14.8. The molecule has 0 bridgehead atoms. The van der Waals surface area contributed by atoms with E-state index in [9.17, 15) is 5.41 Å². The molecule has 10 rings (SSSR count). The Balaban J connectivity index is 1.12. The van der Waals surface area contributed by atoms with Crippen molar-refractivity contribution in [1.82, 2.24) is 0 Å². The van der Waals surface area contributed by atoms with Crippen LogP contribution in [-0.4, -0.2) is 11.9 Å². The number of benzene rings is 8. The summed E-state index contributed by atoms with van der Waals surface area (Å²) in [5.41, 5.74) is 16.7. The monoisotopic (exact) mass is 718 g/mol. The maximum atomic E-state index is 9.21. The molecule has 2 aliphatic carbocycles. The van der Waals surface area contributed by atoms with Crippen LogP contribution in [0, 0.1) is 5.41 Å². The van der Waals surface area contributed by atoms with E-state index in [0.717, 1.165) is 27.8 Å². The van der Waals surface area contributed by atoms with Crippen LogP contribution in [0.1, 0.15) is 66.6 Å². The lowest BCUT2D eigenvalue weighted by molar-refractivity contribution is 0.658. The summed E-state index contributed by atoms with van der Waals surface area (Å²) in [4.78, 5) is 5.32. The number of fused-ring (bicyclic) bond motifs is 9. The van der Waals surface area contributed by atoms with Gasteiger partial charge in [0.15, 0.2) is 0 Å². The second kappa shape index (κ2) is 12.7. The maximum Gasteiger partial charge on any atom is 0.0726 e. The Hall–Kier alpha value is -6.64. The minimum absolute atomic E-state index is 0.185. The Bertz CT molecular complexity index is 2980. The fraction of sp³-hybridized carbons (Fsp3) is 0.111. The minimum atomic E-state index is -0.226. The number of allylic oxidation sites excluding steroid dienone is 1. The van der Waals surface area contributed by atoms with Crippen molar-refractivity contribution in [2.45, 2.75) is 38.5 Å². The van der Waals surface area contributed by atoms with Crippen molar-refractivity contribution in [2.24, 2.45) is 4.99 Å². The van der Waals surface area contributed by atoms with E-state index in [4.69, 9.17) is 4.99 Å². The van der Waals surface area contributed by atoms with E-state index in [-0.39, 0.29) is 10.8 Å². The van der Waals surface area contributed by atoms with Gasteiger partial charge in [0.05, 0.1) is 11.4 Å². The topological polar surface area (TPSA) is 36.2 Å². The number of hydrogen-bond acceptors (Lipinski definition) is 2. The van der Waals surface area contributed by atoms with Gasteiger partial charge in [0, 0.05) is 28.2 Å². The summed E-state index contributed by atoms with van der Waals surface area (Å²) in [5, 5.41) is 14.2. The molecule has 2 nitrogen and oxygen atoms in total. The van der Waals surface area contributed by atoms with Crippen molar-refractivity contribution in [3.05, 3.63) is 209 Å². The number of nitrogens with zero attached hydrogens (tertiary/aromatic N) is 1. The molecule has 0 aliphatic heterocycles. The Morgan fingerprint density at radius 2 is 1.05 bits per heavy atom. The lowest BCUT2D eigenvalue weighted by Gasteiger charge is -2.26. The van der Waals surface area contributed by atoms with E-state index < -0.39 is 0 Å². The van der Waals surface area contributed by atoms with E-state index in [1.165, 1.54) is 71.8 Å². The van der Waals surface area contributed by atoms with Gasteiger partial charge in [-0.3, -0.25) is 4.99 Å². The number of rotatable bonds is 6. The number of aliphatic imine (C=N–C) groups is 1. The van der Waals surface area contributed by atoms with E-state index in [1.807, 2.05) is 42.6 Å². The smallest absolute Gasteiger partial charge is 0.0726 e. The molecule has 0 saturated heterocycles. The van der Waals surface area contributed by atoms with Crippen molar-refractivity contribution in [3.8, 4) is 33.4 Å². The van der Waals surface area contributed by atoms with Crippen LogP contribution < -0.4 is 0 Å². The molecule has 0 spiro atoms. The van der Waals surface area contributed by atoms with Crippen molar-refractivity contribution < 1.29 is 0 Å². The molecule has 0 unspecified atom stereocenters. The Morgan fingerprint density at radius 1 is 0.464 bits per heavy atom. The summed E-state index contributed by atoms with van der Waals surface area (Å²) in [5.74, 6) is 0. The fourth-order valence-electron chi connectivity index (χ4n) is 9.86. The second-order valence-corrected chi connectivity index (χ2v) is 16.3. The molecule has 8 aromatic rings.